The Morgan fingerprint density at radius 3 is 2.50 bits per heavy atom. The van der Waals surface area contributed by atoms with E-state index in [2.05, 4.69) is 6.92 Å². The summed E-state index contributed by atoms with van der Waals surface area (Å²) in [7, 11) is 0. The fourth-order valence-electron chi connectivity index (χ4n) is 1.00. The second kappa shape index (κ2) is 11.4. The molecule has 0 spiro atoms. The molecule has 0 rings (SSSR count). The van der Waals surface area contributed by atoms with Gasteiger partial charge in [0.05, 0.1) is 12.6 Å². The molecule has 0 aliphatic heterocycles. The minimum absolute atomic E-state index is 0. The van der Waals surface area contributed by atoms with Crippen molar-refractivity contribution >= 4 is 11.9 Å². The number of ether oxygens (including phenoxy) is 1. The fraction of sp³-hybridized carbons (Fsp3) is 0.800. The summed E-state index contributed by atoms with van der Waals surface area (Å²) in [6, 6.07) is -1.09. The maximum atomic E-state index is 11.0. The number of unbranched alkanes of at least 4 members (excludes halogenated alkanes) is 2. The van der Waals surface area contributed by atoms with Gasteiger partial charge >= 0.3 is 35.5 Å². The molecule has 0 saturated carbocycles. The molecule has 1 atom stereocenters. The van der Waals surface area contributed by atoms with Crippen molar-refractivity contribution < 1.29 is 49.0 Å². The normalized spacial score (nSPS) is 11.4. The molecule has 2 N–H and O–H groups in total. The van der Waals surface area contributed by atoms with Gasteiger partial charge in [0.2, 0.25) is 0 Å². The summed E-state index contributed by atoms with van der Waals surface area (Å²) in [4.78, 5) is 21.3. The number of esters is 1. The van der Waals surface area contributed by atoms with Crippen molar-refractivity contribution in [2.75, 3.05) is 6.61 Å². The summed E-state index contributed by atoms with van der Waals surface area (Å²) in [5.74, 6) is -1.74. The van der Waals surface area contributed by atoms with E-state index < -0.39 is 18.0 Å². The van der Waals surface area contributed by atoms with Gasteiger partial charge in [-0.25, -0.2) is 0 Å². The van der Waals surface area contributed by atoms with Gasteiger partial charge < -0.3 is 20.4 Å². The van der Waals surface area contributed by atoms with Gasteiger partial charge in [-0.1, -0.05) is 19.8 Å². The Morgan fingerprint density at radius 2 is 2.00 bits per heavy atom. The van der Waals surface area contributed by atoms with Gasteiger partial charge in [0, 0.05) is 12.5 Å². The van der Waals surface area contributed by atoms with Crippen LogP contribution in [-0.2, 0) is 14.3 Å². The minimum Gasteiger partial charge on any atom is -0.548 e. The van der Waals surface area contributed by atoms with Gasteiger partial charge in [-0.15, -0.1) is 0 Å². The van der Waals surface area contributed by atoms with Crippen molar-refractivity contribution in [3.05, 3.63) is 0 Å². The summed E-state index contributed by atoms with van der Waals surface area (Å²) < 4.78 is 4.87. The van der Waals surface area contributed by atoms with Gasteiger partial charge in [0.15, 0.2) is 0 Å². The number of aliphatic carboxylic acids is 1. The second-order valence-electron chi connectivity index (χ2n) is 3.39. The molecule has 0 amide bonds. The molecule has 0 aliphatic carbocycles. The third kappa shape index (κ3) is 10.4. The molecular weight excluding hydrogens is 221 g/mol. The Labute approximate surface area is 118 Å². The van der Waals surface area contributed by atoms with Crippen molar-refractivity contribution in [2.24, 2.45) is 5.73 Å². The van der Waals surface area contributed by atoms with Crippen LogP contribution in [0.15, 0.2) is 0 Å². The molecule has 0 saturated heterocycles. The van der Waals surface area contributed by atoms with Gasteiger partial charge in [-0.05, 0) is 12.8 Å². The van der Waals surface area contributed by atoms with Crippen LogP contribution in [0.5, 0.6) is 0 Å². The van der Waals surface area contributed by atoms with Crippen LogP contribution in [0.25, 0.3) is 0 Å². The van der Waals surface area contributed by atoms with E-state index in [0.717, 1.165) is 19.3 Å². The second-order valence-corrected chi connectivity index (χ2v) is 3.39. The number of carbonyl (C=O) groups is 2. The number of carboxylic acids is 1. The van der Waals surface area contributed by atoms with Crippen molar-refractivity contribution in [1.82, 2.24) is 0 Å². The first-order valence-corrected chi connectivity index (χ1v) is 5.20. The number of hydrogen-bond donors (Lipinski definition) is 1. The topological polar surface area (TPSA) is 92.5 Å². The molecule has 16 heavy (non-hydrogen) atoms. The predicted octanol–water partition coefficient (Wildman–Crippen LogP) is -3.42. The third-order valence-corrected chi connectivity index (χ3v) is 1.97. The minimum atomic E-state index is -1.34. The van der Waals surface area contributed by atoms with Crippen LogP contribution >= 0.6 is 0 Å². The van der Waals surface area contributed by atoms with Gasteiger partial charge in [0.1, 0.15) is 0 Å². The van der Waals surface area contributed by atoms with E-state index in [1.165, 1.54) is 0 Å². The zero-order chi connectivity index (χ0) is 11.7. The largest absolute Gasteiger partial charge is 1.00 e. The molecule has 0 aromatic heterocycles. The molecule has 88 valence electrons. The number of rotatable bonds is 8. The van der Waals surface area contributed by atoms with Crippen LogP contribution in [0.3, 0.4) is 0 Å². The number of carbonyl (C=O) groups excluding carboxylic acids is 2. The average molecular weight is 239 g/mol. The third-order valence-electron chi connectivity index (χ3n) is 1.97. The maximum Gasteiger partial charge on any atom is 1.00 e. The summed E-state index contributed by atoms with van der Waals surface area (Å²) >= 11 is 0. The van der Waals surface area contributed by atoms with E-state index in [9.17, 15) is 14.7 Å². The van der Waals surface area contributed by atoms with E-state index in [0.29, 0.717) is 6.61 Å². The molecule has 0 unspecified atom stereocenters. The molecule has 0 aromatic carbocycles. The zero-order valence-electron chi connectivity index (χ0n) is 10.0. The Hall–Kier alpha value is -0.100. The molecule has 0 heterocycles. The van der Waals surface area contributed by atoms with Gasteiger partial charge in [-0.2, -0.15) is 0 Å². The fourth-order valence-corrected chi connectivity index (χ4v) is 1.00. The van der Waals surface area contributed by atoms with E-state index in [4.69, 9.17) is 10.5 Å². The Bertz CT molecular complexity index is 211. The summed E-state index contributed by atoms with van der Waals surface area (Å²) in [6.07, 6.45) is 3.02. The summed E-state index contributed by atoms with van der Waals surface area (Å²) in [5.41, 5.74) is 5.17. The van der Waals surface area contributed by atoms with Crippen molar-refractivity contribution in [3.8, 4) is 0 Å². The molecule has 0 radical (unpaired) electrons. The molecule has 5 nitrogen and oxygen atoms in total. The molecule has 0 aliphatic rings. The van der Waals surface area contributed by atoms with Crippen molar-refractivity contribution in [3.63, 3.8) is 0 Å². The van der Waals surface area contributed by atoms with Crippen LogP contribution in [0, 0.1) is 0 Å². The van der Waals surface area contributed by atoms with Crippen LogP contribution in [0.1, 0.15) is 39.0 Å². The first kappa shape index (κ1) is 18.3. The van der Waals surface area contributed by atoms with E-state index in [-0.39, 0.29) is 42.4 Å². The molecular formula is C10H18NNaO4. The standard InChI is InChI=1S/C10H19NO4.Na/c1-2-3-4-7-15-9(12)6-5-8(11)10(13)14;/h8H,2-7,11H2,1H3,(H,13,14);/q;+1/p-1/t8-;/m0./s1. The SMILES string of the molecule is CCCCCOC(=O)CC[C@H](N)C(=O)[O-].[Na+]. The molecule has 0 bridgehead atoms. The first-order chi connectivity index (χ1) is 7.07. The zero-order valence-corrected chi connectivity index (χ0v) is 12.0. The quantitative estimate of drug-likeness (QED) is 0.270. The number of carboxylic acid groups (broad SMARTS) is 1. The Kier molecular flexibility index (Phi) is 13.0. The van der Waals surface area contributed by atoms with Crippen LogP contribution in [0.4, 0.5) is 0 Å². The van der Waals surface area contributed by atoms with E-state index >= 15 is 0 Å². The van der Waals surface area contributed by atoms with E-state index in [1.807, 2.05) is 0 Å². The summed E-state index contributed by atoms with van der Waals surface area (Å²) in [6.45, 7) is 2.45. The van der Waals surface area contributed by atoms with Crippen molar-refractivity contribution in [2.45, 2.75) is 45.1 Å². The Balaban J connectivity index is 0. The van der Waals surface area contributed by atoms with Gasteiger partial charge in [-0.3, -0.25) is 4.79 Å². The van der Waals surface area contributed by atoms with E-state index in [1.54, 1.807) is 0 Å². The van der Waals surface area contributed by atoms with Crippen molar-refractivity contribution in [1.29, 1.82) is 0 Å². The van der Waals surface area contributed by atoms with Gasteiger partial charge in [0.25, 0.3) is 0 Å². The van der Waals surface area contributed by atoms with Crippen LogP contribution < -0.4 is 40.4 Å². The van der Waals surface area contributed by atoms with Crippen LogP contribution in [-0.4, -0.2) is 24.6 Å². The number of nitrogens with two attached hydrogens (primary N) is 1. The first-order valence-electron chi connectivity index (χ1n) is 5.20. The molecule has 0 aromatic rings. The molecule has 0 fully saturated rings. The Morgan fingerprint density at radius 1 is 1.38 bits per heavy atom. The summed E-state index contributed by atoms with van der Waals surface area (Å²) in [5, 5.41) is 10.2. The maximum absolute atomic E-state index is 11.0. The average Bonchev–Trinajstić information content (AvgIpc) is 2.20. The molecule has 6 heteroatoms. The smallest absolute Gasteiger partial charge is 0.548 e. The monoisotopic (exact) mass is 239 g/mol. The van der Waals surface area contributed by atoms with Crippen LogP contribution in [0.2, 0.25) is 0 Å². The predicted molar refractivity (Wildman–Crippen MR) is 52.7 cm³/mol. The number of hydrogen-bond acceptors (Lipinski definition) is 5.